The van der Waals surface area contributed by atoms with Gasteiger partial charge in [-0.05, 0) is 25.6 Å². The van der Waals surface area contributed by atoms with Crippen LogP contribution in [0.25, 0.3) is 0 Å². The average Bonchev–Trinajstić information content (AvgIpc) is 2.75. The number of nitrogens with one attached hydrogen (secondary N) is 1. The van der Waals surface area contributed by atoms with Crippen molar-refractivity contribution in [1.82, 2.24) is 10.2 Å². The minimum atomic E-state index is -0.184. The summed E-state index contributed by atoms with van der Waals surface area (Å²) in [5.41, 5.74) is -0.184. The summed E-state index contributed by atoms with van der Waals surface area (Å²) in [6, 6.07) is 3.88. The maximum absolute atomic E-state index is 9.20. The van der Waals surface area contributed by atoms with Crippen molar-refractivity contribution in [3.05, 3.63) is 24.2 Å². The molecule has 4 heteroatoms. The molecule has 1 aliphatic heterocycles. The number of nitrogens with zero attached hydrogens (tertiary/aromatic N) is 1. The van der Waals surface area contributed by atoms with Gasteiger partial charge in [0.2, 0.25) is 0 Å². The van der Waals surface area contributed by atoms with Gasteiger partial charge in [-0.15, -0.1) is 0 Å². The fourth-order valence-corrected chi connectivity index (χ4v) is 2.30. The normalized spacial score (nSPS) is 28.1. The highest BCUT2D eigenvalue weighted by molar-refractivity contribution is 5.15. The van der Waals surface area contributed by atoms with E-state index < -0.39 is 0 Å². The van der Waals surface area contributed by atoms with Gasteiger partial charge in [-0.1, -0.05) is 0 Å². The molecule has 1 aromatic heterocycles. The van der Waals surface area contributed by atoms with Crippen molar-refractivity contribution < 1.29 is 9.52 Å². The van der Waals surface area contributed by atoms with Crippen LogP contribution in [0.3, 0.4) is 0 Å². The van der Waals surface area contributed by atoms with Gasteiger partial charge in [0.1, 0.15) is 5.76 Å². The molecule has 0 aromatic carbocycles. The van der Waals surface area contributed by atoms with Gasteiger partial charge in [-0.25, -0.2) is 0 Å². The molecule has 0 unspecified atom stereocenters. The van der Waals surface area contributed by atoms with Gasteiger partial charge < -0.3 is 14.8 Å². The first-order valence-corrected chi connectivity index (χ1v) is 5.36. The summed E-state index contributed by atoms with van der Waals surface area (Å²) < 4.78 is 5.51. The highest BCUT2D eigenvalue weighted by Gasteiger charge is 2.40. The lowest BCUT2D eigenvalue weighted by molar-refractivity contribution is 0.0391. The number of aliphatic hydroxyl groups is 1. The predicted molar refractivity (Wildman–Crippen MR) is 57.6 cm³/mol. The molecule has 15 heavy (non-hydrogen) atoms. The predicted octanol–water partition coefficient (Wildman–Crippen LogP) is 0.392. The third kappa shape index (κ3) is 1.80. The van der Waals surface area contributed by atoms with E-state index in [0.29, 0.717) is 6.42 Å². The lowest BCUT2D eigenvalue weighted by Crippen LogP contribution is -2.57. The molecule has 0 radical (unpaired) electrons. The molecule has 1 fully saturated rings. The Labute approximate surface area is 89.9 Å². The zero-order chi connectivity index (χ0) is 10.7. The van der Waals surface area contributed by atoms with E-state index in [1.165, 1.54) is 0 Å². The van der Waals surface area contributed by atoms with Gasteiger partial charge in [0.05, 0.1) is 11.8 Å². The zero-order valence-corrected chi connectivity index (χ0v) is 9.07. The van der Waals surface area contributed by atoms with Crippen LogP contribution in [0.15, 0.2) is 22.8 Å². The summed E-state index contributed by atoms with van der Waals surface area (Å²) in [6.45, 7) is 2.97. The Morgan fingerprint density at radius 3 is 3.13 bits per heavy atom. The average molecular weight is 210 g/mol. The van der Waals surface area contributed by atoms with Crippen molar-refractivity contribution in [3.63, 3.8) is 0 Å². The maximum atomic E-state index is 9.20. The lowest BCUT2D eigenvalue weighted by Gasteiger charge is -2.44. The van der Waals surface area contributed by atoms with E-state index in [1.807, 2.05) is 12.1 Å². The first kappa shape index (κ1) is 10.7. The van der Waals surface area contributed by atoms with Gasteiger partial charge in [-0.2, -0.15) is 0 Å². The molecule has 2 N–H and O–H groups in total. The minimum absolute atomic E-state index is 0.173. The van der Waals surface area contributed by atoms with Crippen LogP contribution >= 0.6 is 0 Å². The maximum Gasteiger partial charge on any atom is 0.125 e. The van der Waals surface area contributed by atoms with Crippen LogP contribution < -0.4 is 5.32 Å². The van der Waals surface area contributed by atoms with E-state index in [0.717, 1.165) is 25.4 Å². The van der Waals surface area contributed by atoms with Crippen molar-refractivity contribution in [2.75, 3.05) is 33.3 Å². The topological polar surface area (TPSA) is 48.6 Å². The van der Waals surface area contributed by atoms with Crippen LogP contribution in [-0.2, 0) is 5.54 Å². The second-order valence-corrected chi connectivity index (χ2v) is 4.08. The second-order valence-electron chi connectivity index (χ2n) is 4.08. The molecule has 1 saturated heterocycles. The number of piperazine rings is 1. The number of hydrogen-bond acceptors (Lipinski definition) is 4. The Balaban J connectivity index is 2.30. The summed E-state index contributed by atoms with van der Waals surface area (Å²) in [6.07, 6.45) is 2.39. The molecule has 1 aromatic rings. The Hall–Kier alpha value is -0.840. The summed E-state index contributed by atoms with van der Waals surface area (Å²) in [5.74, 6) is 0.936. The molecular formula is C11H18N2O2. The van der Waals surface area contributed by atoms with Gasteiger partial charge in [-0.3, -0.25) is 4.90 Å². The molecule has 2 heterocycles. The second kappa shape index (κ2) is 4.35. The molecule has 0 aliphatic carbocycles. The Morgan fingerprint density at radius 2 is 2.53 bits per heavy atom. The third-order valence-electron chi connectivity index (χ3n) is 3.28. The molecule has 0 spiro atoms. The van der Waals surface area contributed by atoms with Gasteiger partial charge in [0.15, 0.2) is 0 Å². The first-order chi connectivity index (χ1) is 7.29. The molecule has 84 valence electrons. The number of aliphatic hydroxyl groups excluding tert-OH is 1. The Kier molecular flexibility index (Phi) is 3.09. The van der Waals surface area contributed by atoms with Gasteiger partial charge >= 0.3 is 0 Å². The third-order valence-corrected chi connectivity index (χ3v) is 3.28. The van der Waals surface area contributed by atoms with Crippen LogP contribution in [0, 0.1) is 0 Å². The first-order valence-electron chi connectivity index (χ1n) is 5.36. The van der Waals surface area contributed by atoms with Crippen LogP contribution in [0.5, 0.6) is 0 Å². The summed E-state index contributed by atoms with van der Waals surface area (Å²) in [5, 5.41) is 12.6. The van der Waals surface area contributed by atoms with Crippen molar-refractivity contribution in [2.45, 2.75) is 12.0 Å². The highest BCUT2D eigenvalue weighted by Crippen LogP contribution is 2.32. The van der Waals surface area contributed by atoms with E-state index in [9.17, 15) is 5.11 Å². The molecule has 0 amide bonds. The fourth-order valence-electron chi connectivity index (χ4n) is 2.30. The van der Waals surface area contributed by atoms with E-state index >= 15 is 0 Å². The molecule has 1 atom stereocenters. The zero-order valence-electron chi connectivity index (χ0n) is 9.07. The minimum Gasteiger partial charge on any atom is -0.467 e. The van der Waals surface area contributed by atoms with Crippen molar-refractivity contribution in [2.24, 2.45) is 0 Å². The molecular weight excluding hydrogens is 192 g/mol. The fraction of sp³-hybridized carbons (Fsp3) is 0.636. The molecule has 0 saturated carbocycles. The Morgan fingerprint density at radius 1 is 1.67 bits per heavy atom. The SMILES string of the molecule is CN1CCNC[C@@]1(CCO)c1ccco1. The van der Waals surface area contributed by atoms with E-state index in [2.05, 4.69) is 17.3 Å². The Bertz CT molecular complexity index is 296. The van der Waals surface area contributed by atoms with Crippen molar-refractivity contribution >= 4 is 0 Å². The number of likely N-dealkylation sites (N-methyl/N-ethyl adjacent to an activating group) is 1. The summed E-state index contributed by atoms with van der Waals surface area (Å²) in [4.78, 5) is 2.26. The van der Waals surface area contributed by atoms with Gasteiger partial charge in [0.25, 0.3) is 0 Å². The van der Waals surface area contributed by atoms with E-state index in [-0.39, 0.29) is 12.1 Å². The molecule has 1 aliphatic rings. The lowest BCUT2D eigenvalue weighted by atomic mass is 9.89. The standard InChI is InChI=1S/C11H18N2O2/c1-13-6-5-12-9-11(13,4-7-14)10-3-2-8-15-10/h2-3,8,12,14H,4-7,9H2,1H3/t11-/m0/s1. The van der Waals surface area contributed by atoms with E-state index in [4.69, 9.17) is 4.42 Å². The number of furan rings is 1. The van der Waals surface area contributed by atoms with Crippen LogP contribution in [0.4, 0.5) is 0 Å². The van der Waals surface area contributed by atoms with Crippen molar-refractivity contribution in [3.8, 4) is 0 Å². The number of rotatable bonds is 3. The van der Waals surface area contributed by atoms with Gasteiger partial charge in [0, 0.05) is 26.2 Å². The number of hydrogen-bond donors (Lipinski definition) is 2. The quantitative estimate of drug-likeness (QED) is 0.758. The largest absolute Gasteiger partial charge is 0.467 e. The molecule has 4 nitrogen and oxygen atoms in total. The van der Waals surface area contributed by atoms with Crippen molar-refractivity contribution in [1.29, 1.82) is 0 Å². The summed E-state index contributed by atoms with van der Waals surface area (Å²) >= 11 is 0. The van der Waals surface area contributed by atoms with E-state index in [1.54, 1.807) is 6.26 Å². The highest BCUT2D eigenvalue weighted by atomic mass is 16.3. The molecule has 2 rings (SSSR count). The molecule has 0 bridgehead atoms. The smallest absolute Gasteiger partial charge is 0.125 e. The van der Waals surface area contributed by atoms with Crippen LogP contribution in [0.1, 0.15) is 12.2 Å². The monoisotopic (exact) mass is 210 g/mol. The van der Waals surface area contributed by atoms with Crippen LogP contribution in [0.2, 0.25) is 0 Å². The van der Waals surface area contributed by atoms with Crippen LogP contribution in [-0.4, -0.2) is 43.3 Å². The summed E-state index contributed by atoms with van der Waals surface area (Å²) in [7, 11) is 2.08.